The van der Waals surface area contributed by atoms with Crippen LogP contribution in [0.25, 0.3) is 0 Å². The van der Waals surface area contributed by atoms with E-state index in [1.54, 1.807) is 6.07 Å². The van der Waals surface area contributed by atoms with Crippen molar-refractivity contribution in [1.82, 2.24) is 5.32 Å². The second kappa shape index (κ2) is 7.36. The summed E-state index contributed by atoms with van der Waals surface area (Å²) in [5.41, 5.74) is 1.41. The first kappa shape index (κ1) is 14.1. The van der Waals surface area contributed by atoms with E-state index in [1.807, 2.05) is 32.0 Å². The van der Waals surface area contributed by atoms with Crippen molar-refractivity contribution < 1.29 is 9.90 Å². The summed E-state index contributed by atoms with van der Waals surface area (Å²) in [6.07, 6.45) is 0.423. The molecule has 1 rings (SSSR count). The number of anilines is 1. The van der Waals surface area contributed by atoms with Crippen LogP contribution in [0.4, 0.5) is 10.5 Å². The van der Waals surface area contributed by atoms with E-state index in [1.165, 1.54) is 0 Å². The van der Waals surface area contributed by atoms with Crippen LogP contribution < -0.4 is 10.6 Å². The molecule has 0 fully saturated rings. The Balaban J connectivity index is 2.77. The van der Waals surface area contributed by atoms with Crippen LogP contribution in [0.5, 0.6) is 0 Å². The van der Waals surface area contributed by atoms with Gasteiger partial charge in [0.15, 0.2) is 0 Å². The SMILES string of the molecule is CC(C)NC(=O)Nc1ccccc1C#CCCO. The molecule has 96 valence electrons. The maximum Gasteiger partial charge on any atom is 0.319 e. The van der Waals surface area contributed by atoms with Crippen molar-refractivity contribution in [2.24, 2.45) is 0 Å². The Labute approximate surface area is 107 Å². The summed E-state index contributed by atoms with van der Waals surface area (Å²) >= 11 is 0. The molecule has 0 spiro atoms. The number of benzene rings is 1. The van der Waals surface area contributed by atoms with Gasteiger partial charge in [0.05, 0.1) is 12.3 Å². The van der Waals surface area contributed by atoms with Gasteiger partial charge in [-0.3, -0.25) is 0 Å². The number of carbonyl (C=O) groups excluding carboxylic acids is 1. The lowest BCUT2D eigenvalue weighted by molar-refractivity contribution is 0.250. The third kappa shape index (κ3) is 4.89. The Bertz CT molecular complexity index is 458. The summed E-state index contributed by atoms with van der Waals surface area (Å²) in [6, 6.07) is 7.15. The van der Waals surface area contributed by atoms with Gasteiger partial charge in [0, 0.05) is 18.0 Å². The van der Waals surface area contributed by atoms with Crippen LogP contribution in [0.1, 0.15) is 25.8 Å². The van der Waals surface area contributed by atoms with E-state index in [9.17, 15) is 4.79 Å². The molecule has 3 N–H and O–H groups in total. The van der Waals surface area contributed by atoms with E-state index in [0.29, 0.717) is 12.1 Å². The normalized spacial score (nSPS) is 9.56. The Morgan fingerprint density at radius 2 is 2.11 bits per heavy atom. The number of rotatable bonds is 3. The van der Waals surface area contributed by atoms with Crippen LogP contribution in [0.15, 0.2) is 24.3 Å². The number of amides is 2. The summed E-state index contributed by atoms with van der Waals surface area (Å²) in [5, 5.41) is 14.2. The molecule has 1 aromatic carbocycles. The molecule has 18 heavy (non-hydrogen) atoms. The second-order valence-electron chi connectivity index (χ2n) is 4.07. The van der Waals surface area contributed by atoms with Crippen LogP contribution in [-0.2, 0) is 0 Å². The second-order valence-corrected chi connectivity index (χ2v) is 4.07. The lowest BCUT2D eigenvalue weighted by Crippen LogP contribution is -2.34. The maximum absolute atomic E-state index is 11.6. The molecular weight excluding hydrogens is 228 g/mol. The molecular formula is C14H18N2O2. The minimum absolute atomic E-state index is 0.0381. The number of para-hydroxylation sites is 1. The number of urea groups is 1. The molecule has 0 aromatic heterocycles. The fraction of sp³-hybridized carbons (Fsp3) is 0.357. The lowest BCUT2D eigenvalue weighted by atomic mass is 10.2. The van der Waals surface area contributed by atoms with Crippen LogP contribution in [-0.4, -0.2) is 23.8 Å². The van der Waals surface area contributed by atoms with Gasteiger partial charge in [-0.15, -0.1) is 0 Å². The van der Waals surface area contributed by atoms with E-state index in [4.69, 9.17) is 5.11 Å². The minimum Gasteiger partial charge on any atom is -0.395 e. The number of hydrogen-bond acceptors (Lipinski definition) is 2. The zero-order valence-corrected chi connectivity index (χ0v) is 10.7. The van der Waals surface area contributed by atoms with Crippen LogP contribution >= 0.6 is 0 Å². The highest BCUT2D eigenvalue weighted by atomic mass is 16.2. The van der Waals surface area contributed by atoms with Crippen molar-refractivity contribution in [3.05, 3.63) is 29.8 Å². The first-order chi connectivity index (χ1) is 8.63. The van der Waals surface area contributed by atoms with Crippen molar-refractivity contribution >= 4 is 11.7 Å². The van der Waals surface area contributed by atoms with Gasteiger partial charge in [0.25, 0.3) is 0 Å². The summed E-state index contributed by atoms with van der Waals surface area (Å²) in [4.78, 5) is 11.6. The quantitative estimate of drug-likeness (QED) is 0.714. The summed E-state index contributed by atoms with van der Waals surface area (Å²) in [6.45, 7) is 3.83. The van der Waals surface area contributed by atoms with Gasteiger partial charge >= 0.3 is 6.03 Å². The summed E-state index contributed by atoms with van der Waals surface area (Å²) < 4.78 is 0. The highest BCUT2D eigenvalue weighted by Gasteiger charge is 2.05. The molecule has 0 aliphatic rings. The molecule has 0 radical (unpaired) electrons. The fourth-order valence-corrected chi connectivity index (χ4v) is 1.34. The van der Waals surface area contributed by atoms with Crippen LogP contribution in [0.2, 0.25) is 0 Å². The van der Waals surface area contributed by atoms with Gasteiger partial charge in [-0.1, -0.05) is 24.0 Å². The van der Waals surface area contributed by atoms with Gasteiger partial charge in [-0.05, 0) is 26.0 Å². The molecule has 4 nitrogen and oxygen atoms in total. The number of carbonyl (C=O) groups is 1. The monoisotopic (exact) mass is 246 g/mol. The van der Waals surface area contributed by atoms with Crippen molar-refractivity contribution in [3.8, 4) is 11.8 Å². The molecule has 0 bridgehead atoms. The van der Waals surface area contributed by atoms with E-state index in [0.717, 1.165) is 5.56 Å². The largest absolute Gasteiger partial charge is 0.395 e. The molecule has 0 atom stereocenters. The van der Waals surface area contributed by atoms with E-state index in [-0.39, 0.29) is 18.7 Å². The highest BCUT2D eigenvalue weighted by molar-refractivity contribution is 5.90. The minimum atomic E-state index is -0.249. The number of hydrogen-bond donors (Lipinski definition) is 3. The maximum atomic E-state index is 11.6. The van der Waals surface area contributed by atoms with Crippen molar-refractivity contribution in [2.75, 3.05) is 11.9 Å². The Morgan fingerprint density at radius 1 is 1.39 bits per heavy atom. The first-order valence-electron chi connectivity index (χ1n) is 5.89. The Hall–Kier alpha value is -1.99. The van der Waals surface area contributed by atoms with Crippen molar-refractivity contribution in [3.63, 3.8) is 0 Å². The molecule has 0 aliphatic heterocycles. The first-order valence-corrected chi connectivity index (χ1v) is 5.89. The number of nitrogens with one attached hydrogen (secondary N) is 2. The molecule has 1 aromatic rings. The van der Waals surface area contributed by atoms with Gasteiger partial charge in [-0.2, -0.15) is 0 Å². The molecule has 0 saturated heterocycles. The predicted octanol–water partition coefficient (Wildman–Crippen LogP) is 1.95. The van der Waals surface area contributed by atoms with Gasteiger partial charge in [0.1, 0.15) is 0 Å². The number of aliphatic hydroxyl groups is 1. The third-order valence-corrected chi connectivity index (χ3v) is 2.05. The predicted molar refractivity (Wildman–Crippen MR) is 72.3 cm³/mol. The average Bonchev–Trinajstić information content (AvgIpc) is 2.30. The zero-order chi connectivity index (χ0) is 13.4. The highest BCUT2D eigenvalue weighted by Crippen LogP contribution is 2.13. The smallest absolute Gasteiger partial charge is 0.319 e. The van der Waals surface area contributed by atoms with Crippen molar-refractivity contribution in [2.45, 2.75) is 26.3 Å². The van der Waals surface area contributed by atoms with Crippen LogP contribution in [0, 0.1) is 11.8 Å². The van der Waals surface area contributed by atoms with E-state index >= 15 is 0 Å². The topological polar surface area (TPSA) is 61.4 Å². The average molecular weight is 246 g/mol. The summed E-state index contributed by atoms with van der Waals surface area (Å²) in [5.74, 6) is 5.75. The number of aliphatic hydroxyl groups excluding tert-OH is 1. The molecule has 0 aliphatic carbocycles. The van der Waals surface area contributed by atoms with E-state index < -0.39 is 0 Å². The third-order valence-electron chi connectivity index (χ3n) is 2.05. The van der Waals surface area contributed by atoms with Crippen LogP contribution in [0.3, 0.4) is 0 Å². The Morgan fingerprint density at radius 3 is 2.78 bits per heavy atom. The Kier molecular flexibility index (Phi) is 5.75. The van der Waals surface area contributed by atoms with Gasteiger partial charge < -0.3 is 15.7 Å². The molecule has 0 heterocycles. The molecule has 4 heteroatoms. The molecule has 0 unspecified atom stereocenters. The fourth-order valence-electron chi connectivity index (χ4n) is 1.34. The lowest BCUT2D eigenvalue weighted by Gasteiger charge is -2.11. The molecule has 0 saturated carbocycles. The summed E-state index contributed by atoms with van der Waals surface area (Å²) in [7, 11) is 0. The molecule has 2 amide bonds. The standard InChI is InChI=1S/C14H18N2O2/c1-11(2)15-14(18)16-13-9-4-3-7-12(13)8-5-6-10-17/h3-4,7,9,11,17H,6,10H2,1-2H3,(H2,15,16,18). The van der Waals surface area contributed by atoms with Gasteiger partial charge in [-0.25, -0.2) is 4.79 Å². The van der Waals surface area contributed by atoms with E-state index in [2.05, 4.69) is 22.5 Å². The van der Waals surface area contributed by atoms with Gasteiger partial charge in [0.2, 0.25) is 0 Å². The van der Waals surface area contributed by atoms with Crippen molar-refractivity contribution in [1.29, 1.82) is 0 Å². The zero-order valence-electron chi connectivity index (χ0n) is 10.7.